The van der Waals surface area contributed by atoms with Crippen LogP contribution in [0.4, 0.5) is 11.6 Å². The van der Waals surface area contributed by atoms with Gasteiger partial charge in [-0.3, -0.25) is 4.21 Å². The van der Waals surface area contributed by atoms with Crippen LogP contribution in [0.5, 0.6) is 0 Å². The van der Waals surface area contributed by atoms with Gasteiger partial charge in [-0.2, -0.15) is 0 Å². The number of hydrogen-bond acceptors (Lipinski definition) is 5. The molecule has 96 valence electrons. The van der Waals surface area contributed by atoms with Gasteiger partial charge >= 0.3 is 0 Å². The summed E-state index contributed by atoms with van der Waals surface area (Å²) in [7, 11) is 1.03. The third kappa shape index (κ3) is 3.96. The Morgan fingerprint density at radius 2 is 1.88 bits per heavy atom. The number of aromatic nitrogens is 2. The second-order valence-electron chi connectivity index (χ2n) is 4.13. The van der Waals surface area contributed by atoms with Gasteiger partial charge in [-0.15, -0.1) is 0 Å². The highest BCUT2D eigenvalue weighted by atomic mass is 32.2. The van der Waals surface area contributed by atoms with E-state index < -0.39 is 10.8 Å². The highest BCUT2D eigenvalue weighted by molar-refractivity contribution is 7.84. The highest BCUT2D eigenvalue weighted by Gasteiger charge is 2.11. The molecule has 2 atom stereocenters. The molecule has 1 heterocycles. The molecule has 0 fully saturated rings. The van der Waals surface area contributed by atoms with Gasteiger partial charge in [0.2, 0.25) is 0 Å². The van der Waals surface area contributed by atoms with Crippen LogP contribution in [0.15, 0.2) is 0 Å². The second kappa shape index (κ2) is 5.95. The molecule has 0 aliphatic carbocycles. The summed E-state index contributed by atoms with van der Waals surface area (Å²) in [5, 5.41) is 6.31. The fourth-order valence-corrected chi connectivity index (χ4v) is 2.43. The molecule has 1 aromatic rings. The van der Waals surface area contributed by atoms with Gasteiger partial charge in [0.05, 0.1) is 0 Å². The normalized spacial score (nSPS) is 14.2. The number of nitrogens with zero attached hydrogens (tertiary/aromatic N) is 2. The van der Waals surface area contributed by atoms with E-state index in [2.05, 4.69) is 20.6 Å². The first-order valence-corrected chi connectivity index (χ1v) is 7.26. The maximum Gasteiger partial charge on any atom is 0.134 e. The van der Waals surface area contributed by atoms with E-state index in [0.29, 0.717) is 11.6 Å². The number of nitrogens with one attached hydrogen (secondary N) is 2. The van der Waals surface area contributed by atoms with E-state index in [9.17, 15) is 4.21 Å². The maximum absolute atomic E-state index is 11.1. The average Bonchev–Trinajstić information content (AvgIpc) is 2.21. The summed E-state index contributed by atoms with van der Waals surface area (Å²) in [6.07, 6.45) is 1.70. The minimum atomic E-state index is -0.810. The van der Waals surface area contributed by atoms with Crippen LogP contribution >= 0.6 is 0 Å². The van der Waals surface area contributed by atoms with Crippen molar-refractivity contribution in [2.45, 2.75) is 26.8 Å². The van der Waals surface area contributed by atoms with Gasteiger partial charge in [-0.25, -0.2) is 9.97 Å². The summed E-state index contributed by atoms with van der Waals surface area (Å²) in [5.74, 6) is 2.95. The van der Waals surface area contributed by atoms with Crippen LogP contribution in [0.1, 0.15) is 18.3 Å². The van der Waals surface area contributed by atoms with Crippen molar-refractivity contribution in [3.63, 3.8) is 0 Å². The molecule has 0 aromatic carbocycles. The molecule has 1 rings (SSSR count). The predicted molar refractivity (Wildman–Crippen MR) is 73.1 cm³/mol. The highest BCUT2D eigenvalue weighted by Crippen LogP contribution is 2.19. The van der Waals surface area contributed by atoms with E-state index in [1.54, 1.807) is 6.26 Å². The maximum atomic E-state index is 11.1. The Morgan fingerprint density at radius 1 is 1.29 bits per heavy atom. The first-order chi connectivity index (χ1) is 7.93. The quantitative estimate of drug-likeness (QED) is 0.831. The first kappa shape index (κ1) is 13.9. The Bertz CT molecular complexity index is 422. The van der Waals surface area contributed by atoms with Crippen LogP contribution in [-0.2, 0) is 10.8 Å². The predicted octanol–water partition coefficient (Wildman–Crippen LogP) is 1.31. The van der Waals surface area contributed by atoms with Crippen molar-refractivity contribution in [2.24, 2.45) is 0 Å². The Labute approximate surface area is 105 Å². The lowest BCUT2D eigenvalue weighted by Crippen LogP contribution is -2.24. The van der Waals surface area contributed by atoms with Crippen molar-refractivity contribution in [3.05, 3.63) is 11.4 Å². The zero-order valence-corrected chi connectivity index (χ0v) is 11.8. The third-order valence-corrected chi connectivity index (χ3v) is 3.33. The number of aryl methyl sites for hydroxylation is 1. The summed E-state index contributed by atoms with van der Waals surface area (Å²) in [4.78, 5) is 8.67. The number of hydrogen-bond donors (Lipinski definition) is 2. The smallest absolute Gasteiger partial charge is 0.134 e. The number of anilines is 2. The molecule has 17 heavy (non-hydrogen) atoms. The Balaban J connectivity index is 2.90. The van der Waals surface area contributed by atoms with E-state index in [1.165, 1.54) is 0 Å². The van der Waals surface area contributed by atoms with E-state index in [4.69, 9.17) is 0 Å². The molecule has 0 amide bonds. The average molecular weight is 256 g/mol. The molecule has 0 radical (unpaired) electrons. The molecular weight excluding hydrogens is 236 g/mol. The zero-order valence-electron chi connectivity index (χ0n) is 11.0. The summed E-state index contributed by atoms with van der Waals surface area (Å²) >= 11 is 0. The third-order valence-electron chi connectivity index (χ3n) is 2.36. The van der Waals surface area contributed by atoms with Crippen LogP contribution in [0.3, 0.4) is 0 Å². The fourth-order valence-electron chi connectivity index (χ4n) is 1.64. The monoisotopic (exact) mass is 256 g/mol. The molecule has 0 bridgehead atoms. The van der Waals surface area contributed by atoms with E-state index >= 15 is 0 Å². The fraction of sp³-hybridized carbons (Fsp3) is 0.636. The Kier molecular flexibility index (Phi) is 4.86. The molecule has 6 heteroatoms. The van der Waals surface area contributed by atoms with Crippen LogP contribution < -0.4 is 10.6 Å². The molecule has 0 aliphatic heterocycles. The molecular formula is C11H20N4OS. The van der Waals surface area contributed by atoms with Gasteiger partial charge in [0.15, 0.2) is 0 Å². The van der Waals surface area contributed by atoms with Crippen molar-refractivity contribution < 1.29 is 4.21 Å². The van der Waals surface area contributed by atoms with Gasteiger partial charge in [0, 0.05) is 41.5 Å². The largest absolute Gasteiger partial charge is 0.373 e. The zero-order chi connectivity index (χ0) is 13.0. The Morgan fingerprint density at radius 3 is 2.41 bits per heavy atom. The molecule has 0 saturated carbocycles. The van der Waals surface area contributed by atoms with Crippen LogP contribution in [0.25, 0.3) is 0 Å². The van der Waals surface area contributed by atoms with Gasteiger partial charge < -0.3 is 10.6 Å². The van der Waals surface area contributed by atoms with E-state index in [1.807, 2.05) is 27.8 Å². The van der Waals surface area contributed by atoms with Crippen molar-refractivity contribution >= 4 is 22.4 Å². The van der Waals surface area contributed by atoms with Gasteiger partial charge in [-0.05, 0) is 20.8 Å². The lowest BCUT2D eigenvalue weighted by Gasteiger charge is -2.17. The Hall–Kier alpha value is -1.17. The lowest BCUT2D eigenvalue weighted by atomic mass is 10.2. The minimum absolute atomic E-state index is 0.124. The summed E-state index contributed by atoms with van der Waals surface area (Å²) in [6, 6.07) is 0.124. The molecule has 2 N–H and O–H groups in total. The van der Waals surface area contributed by atoms with Crippen molar-refractivity contribution in [1.82, 2.24) is 9.97 Å². The summed E-state index contributed by atoms with van der Waals surface area (Å²) < 4.78 is 11.1. The summed E-state index contributed by atoms with van der Waals surface area (Å²) in [6.45, 7) is 5.81. The summed E-state index contributed by atoms with van der Waals surface area (Å²) in [5.41, 5.74) is 0.979. The molecule has 0 saturated heterocycles. The topological polar surface area (TPSA) is 66.9 Å². The first-order valence-electron chi connectivity index (χ1n) is 5.53. The molecule has 5 nitrogen and oxygen atoms in total. The van der Waals surface area contributed by atoms with Gasteiger partial charge in [-0.1, -0.05) is 0 Å². The van der Waals surface area contributed by atoms with E-state index in [0.717, 1.165) is 17.2 Å². The van der Waals surface area contributed by atoms with Crippen LogP contribution in [0.2, 0.25) is 0 Å². The van der Waals surface area contributed by atoms with Crippen LogP contribution in [-0.4, -0.2) is 39.3 Å². The molecule has 0 spiro atoms. The second-order valence-corrected chi connectivity index (χ2v) is 5.61. The van der Waals surface area contributed by atoms with Crippen LogP contribution in [0, 0.1) is 13.8 Å². The van der Waals surface area contributed by atoms with E-state index in [-0.39, 0.29) is 6.04 Å². The van der Waals surface area contributed by atoms with Gasteiger partial charge in [0.1, 0.15) is 17.5 Å². The molecule has 1 aromatic heterocycles. The minimum Gasteiger partial charge on any atom is -0.373 e. The van der Waals surface area contributed by atoms with Crippen molar-refractivity contribution in [2.75, 3.05) is 29.7 Å². The van der Waals surface area contributed by atoms with Gasteiger partial charge in [0.25, 0.3) is 0 Å². The standard InChI is InChI=1S/C11H20N4OS/c1-7(6-17(5)16)13-11-8(2)10(12-4)14-9(3)15-11/h7H,6H2,1-5H3,(H2,12,13,14,15). The lowest BCUT2D eigenvalue weighted by molar-refractivity contribution is 0.682. The molecule has 0 aliphatic rings. The molecule has 2 unspecified atom stereocenters. The SMILES string of the molecule is CNc1nc(C)nc(NC(C)CS(C)=O)c1C. The number of rotatable bonds is 5. The van der Waals surface area contributed by atoms with Crippen molar-refractivity contribution in [3.8, 4) is 0 Å². The van der Waals surface area contributed by atoms with Crippen molar-refractivity contribution in [1.29, 1.82) is 0 Å².